The van der Waals surface area contributed by atoms with Crippen LogP contribution >= 0.6 is 11.3 Å². The molecule has 0 fully saturated rings. The van der Waals surface area contributed by atoms with E-state index in [9.17, 15) is 9.59 Å². The van der Waals surface area contributed by atoms with Gasteiger partial charge in [-0.05, 0) is 49.4 Å². The summed E-state index contributed by atoms with van der Waals surface area (Å²) in [5.41, 5.74) is 2.46. The lowest BCUT2D eigenvalue weighted by Crippen LogP contribution is -2.44. The van der Waals surface area contributed by atoms with Crippen LogP contribution in [-0.2, 0) is 14.3 Å². The summed E-state index contributed by atoms with van der Waals surface area (Å²) < 4.78 is 10.4. The first-order valence-electron chi connectivity index (χ1n) is 8.71. The number of benzene rings is 1. The van der Waals surface area contributed by atoms with Gasteiger partial charge in [0.05, 0.1) is 13.7 Å². The minimum atomic E-state index is -0.787. The van der Waals surface area contributed by atoms with Crippen LogP contribution in [0, 0.1) is 0 Å². The Kier molecular flexibility index (Phi) is 5.37. The molecule has 1 amide bonds. The maximum absolute atomic E-state index is 12.6. The van der Waals surface area contributed by atoms with Crippen LogP contribution in [0.4, 0.5) is 4.79 Å². The Morgan fingerprint density at radius 3 is 2.48 bits per heavy atom. The van der Waals surface area contributed by atoms with Gasteiger partial charge >= 0.3 is 12.1 Å². The number of ether oxygens (including phenoxy) is 2. The molecule has 0 spiro atoms. The molecule has 1 aromatic carbocycles. The standard InChI is InChI=1S/C21H23NO4S/c1-21(2,3)26-20(24)22-13-15(12-17(22)19(23)25-4)18-16(10-11-27-18)14-8-6-5-7-9-14/h5-12,17H,13H2,1-4H3. The van der Waals surface area contributed by atoms with Crippen molar-refractivity contribution in [3.63, 3.8) is 0 Å². The maximum Gasteiger partial charge on any atom is 0.411 e. The molecule has 1 unspecified atom stereocenters. The number of hydrogen-bond donors (Lipinski definition) is 0. The van der Waals surface area contributed by atoms with Crippen LogP contribution < -0.4 is 0 Å². The van der Waals surface area contributed by atoms with Gasteiger partial charge in [-0.2, -0.15) is 0 Å². The zero-order valence-electron chi connectivity index (χ0n) is 15.9. The van der Waals surface area contributed by atoms with E-state index in [2.05, 4.69) is 6.07 Å². The van der Waals surface area contributed by atoms with E-state index in [-0.39, 0.29) is 0 Å². The second-order valence-electron chi connectivity index (χ2n) is 7.30. The van der Waals surface area contributed by atoms with Crippen LogP contribution in [-0.4, -0.2) is 42.3 Å². The number of nitrogens with zero attached hydrogens (tertiary/aromatic N) is 1. The van der Waals surface area contributed by atoms with Crippen molar-refractivity contribution in [3.8, 4) is 11.1 Å². The van der Waals surface area contributed by atoms with Crippen LogP contribution in [0.25, 0.3) is 16.7 Å². The summed E-state index contributed by atoms with van der Waals surface area (Å²) in [5.74, 6) is -0.478. The van der Waals surface area contributed by atoms with Crippen molar-refractivity contribution in [2.75, 3.05) is 13.7 Å². The number of hydrogen-bond acceptors (Lipinski definition) is 5. The van der Waals surface area contributed by atoms with Gasteiger partial charge in [-0.25, -0.2) is 9.59 Å². The van der Waals surface area contributed by atoms with Crippen molar-refractivity contribution in [2.24, 2.45) is 0 Å². The average molecular weight is 385 g/mol. The number of carbonyl (C=O) groups excluding carboxylic acids is 2. The van der Waals surface area contributed by atoms with Gasteiger partial charge in [0.25, 0.3) is 0 Å². The second-order valence-corrected chi connectivity index (χ2v) is 8.21. The van der Waals surface area contributed by atoms with E-state index in [0.717, 1.165) is 21.6 Å². The van der Waals surface area contributed by atoms with Gasteiger partial charge in [0, 0.05) is 10.4 Å². The molecule has 0 N–H and O–H groups in total. The second kappa shape index (κ2) is 7.56. The number of rotatable bonds is 3. The fraction of sp³-hybridized carbons (Fsp3) is 0.333. The summed E-state index contributed by atoms with van der Waals surface area (Å²) >= 11 is 1.59. The lowest BCUT2D eigenvalue weighted by Gasteiger charge is -2.27. The molecule has 1 aliphatic heterocycles. The first-order valence-corrected chi connectivity index (χ1v) is 9.59. The molecule has 27 heavy (non-hydrogen) atoms. The van der Waals surface area contributed by atoms with Crippen molar-refractivity contribution in [1.82, 2.24) is 4.90 Å². The lowest BCUT2D eigenvalue weighted by atomic mass is 10.0. The highest BCUT2D eigenvalue weighted by Crippen LogP contribution is 2.37. The first kappa shape index (κ1) is 19.2. The van der Waals surface area contributed by atoms with E-state index in [0.29, 0.717) is 6.54 Å². The monoisotopic (exact) mass is 385 g/mol. The van der Waals surface area contributed by atoms with Gasteiger partial charge in [0.15, 0.2) is 6.04 Å². The molecule has 2 aromatic rings. The SMILES string of the molecule is COC(=O)C1C=C(c2sccc2-c2ccccc2)CN1C(=O)OC(C)(C)C. The van der Waals surface area contributed by atoms with Crippen molar-refractivity contribution < 1.29 is 19.1 Å². The molecule has 0 radical (unpaired) electrons. The third kappa shape index (κ3) is 4.22. The topological polar surface area (TPSA) is 55.8 Å². The molecule has 0 saturated carbocycles. The van der Waals surface area contributed by atoms with Gasteiger partial charge in [0.1, 0.15) is 5.60 Å². The van der Waals surface area contributed by atoms with Gasteiger partial charge < -0.3 is 9.47 Å². The Balaban J connectivity index is 1.93. The van der Waals surface area contributed by atoms with Gasteiger partial charge in [-0.15, -0.1) is 11.3 Å². The molecular weight excluding hydrogens is 362 g/mol. The third-order valence-electron chi connectivity index (χ3n) is 4.15. The van der Waals surface area contributed by atoms with E-state index >= 15 is 0 Å². The largest absolute Gasteiger partial charge is 0.467 e. The predicted octanol–water partition coefficient (Wildman–Crippen LogP) is 4.59. The lowest BCUT2D eigenvalue weighted by molar-refractivity contribution is -0.144. The summed E-state index contributed by atoms with van der Waals surface area (Å²) in [6.45, 7) is 5.70. The predicted molar refractivity (Wildman–Crippen MR) is 106 cm³/mol. The summed E-state index contributed by atoms with van der Waals surface area (Å²) in [7, 11) is 1.32. The van der Waals surface area contributed by atoms with Gasteiger partial charge in [0.2, 0.25) is 0 Å². The van der Waals surface area contributed by atoms with Crippen molar-refractivity contribution in [1.29, 1.82) is 0 Å². The molecule has 2 heterocycles. The molecular formula is C21H23NO4S. The highest BCUT2D eigenvalue weighted by molar-refractivity contribution is 7.11. The molecule has 6 heteroatoms. The molecule has 142 valence electrons. The smallest absolute Gasteiger partial charge is 0.411 e. The van der Waals surface area contributed by atoms with Crippen LogP contribution in [0.5, 0.6) is 0 Å². The van der Waals surface area contributed by atoms with Crippen molar-refractivity contribution in [2.45, 2.75) is 32.4 Å². The average Bonchev–Trinajstić information content (AvgIpc) is 3.27. The molecule has 0 bridgehead atoms. The Labute approximate surface area is 163 Å². The maximum atomic E-state index is 12.6. The quantitative estimate of drug-likeness (QED) is 0.725. The normalized spacial score (nSPS) is 16.8. The molecule has 1 aliphatic rings. The zero-order chi connectivity index (χ0) is 19.6. The minimum Gasteiger partial charge on any atom is -0.467 e. The fourth-order valence-corrected chi connectivity index (χ4v) is 3.92. The van der Waals surface area contributed by atoms with Gasteiger partial charge in [-0.3, -0.25) is 4.90 Å². The number of carbonyl (C=O) groups is 2. The number of esters is 1. The Hall–Kier alpha value is -2.60. The van der Waals surface area contributed by atoms with Crippen LogP contribution in [0.1, 0.15) is 25.6 Å². The summed E-state index contributed by atoms with van der Waals surface area (Å²) in [6.07, 6.45) is 1.27. The molecule has 1 atom stereocenters. The Morgan fingerprint density at radius 2 is 1.85 bits per heavy atom. The van der Waals surface area contributed by atoms with Crippen LogP contribution in [0.15, 0.2) is 47.9 Å². The van der Waals surface area contributed by atoms with E-state index in [1.807, 2.05) is 35.7 Å². The number of thiophene rings is 1. The van der Waals surface area contributed by atoms with E-state index < -0.39 is 23.7 Å². The minimum absolute atomic E-state index is 0.301. The summed E-state index contributed by atoms with van der Waals surface area (Å²) in [4.78, 5) is 27.3. The fourth-order valence-electron chi connectivity index (χ4n) is 2.98. The Morgan fingerprint density at radius 1 is 1.15 bits per heavy atom. The van der Waals surface area contributed by atoms with Crippen LogP contribution in [0.2, 0.25) is 0 Å². The molecule has 0 saturated heterocycles. The number of methoxy groups -OCH3 is 1. The highest BCUT2D eigenvalue weighted by atomic mass is 32.1. The molecule has 0 aliphatic carbocycles. The molecule has 3 rings (SSSR count). The highest BCUT2D eigenvalue weighted by Gasteiger charge is 2.38. The van der Waals surface area contributed by atoms with E-state index in [1.165, 1.54) is 12.0 Å². The first-order chi connectivity index (χ1) is 12.8. The number of amides is 1. The summed E-state index contributed by atoms with van der Waals surface area (Å²) in [6, 6.07) is 11.3. The summed E-state index contributed by atoms with van der Waals surface area (Å²) in [5, 5.41) is 2.02. The molecule has 1 aromatic heterocycles. The van der Waals surface area contributed by atoms with Gasteiger partial charge in [-0.1, -0.05) is 30.3 Å². The third-order valence-corrected chi connectivity index (χ3v) is 5.14. The van der Waals surface area contributed by atoms with Crippen molar-refractivity contribution in [3.05, 3.63) is 52.7 Å². The Bertz CT molecular complexity index is 864. The zero-order valence-corrected chi connectivity index (χ0v) is 16.7. The van der Waals surface area contributed by atoms with E-state index in [4.69, 9.17) is 9.47 Å². The van der Waals surface area contributed by atoms with Crippen LogP contribution in [0.3, 0.4) is 0 Å². The van der Waals surface area contributed by atoms with Crippen molar-refractivity contribution >= 4 is 29.0 Å². The van der Waals surface area contributed by atoms with E-state index in [1.54, 1.807) is 38.2 Å². The molecule has 5 nitrogen and oxygen atoms in total.